The van der Waals surface area contributed by atoms with Gasteiger partial charge in [0.25, 0.3) is 5.91 Å². The average molecular weight is 451 g/mol. The highest BCUT2D eigenvalue weighted by molar-refractivity contribution is 7.55. The van der Waals surface area contributed by atoms with E-state index in [4.69, 9.17) is 18.3 Å². The summed E-state index contributed by atoms with van der Waals surface area (Å²) in [6, 6.07) is 0. The number of aromatic nitrogens is 1. The zero-order valence-corrected chi connectivity index (χ0v) is 18.2. The monoisotopic (exact) mass is 451 g/mol. The smallest absolute Gasteiger partial charge is 0.469 e. The standard InChI is InChI=1S/C16H23N2O9PS/c1-10-12(29-8-18-10)15(21)24-9-26-28(22)25-7-16(2,3)13(27-28)14(20)17-6-5-11(19)23-4/h8,13,22H,5-7,9H2,1-4H3/p+1/t13-,28?/m0/s1. The first-order valence-electron chi connectivity index (χ1n) is 8.59. The Morgan fingerprint density at radius 2 is 2.17 bits per heavy atom. The molecule has 2 heterocycles. The van der Waals surface area contributed by atoms with Gasteiger partial charge in [0.05, 0.1) is 24.7 Å². The first-order chi connectivity index (χ1) is 13.6. The van der Waals surface area contributed by atoms with Gasteiger partial charge < -0.3 is 14.8 Å². The fourth-order valence-corrected chi connectivity index (χ4v) is 4.51. The number of nitrogens with zero attached hydrogens (tertiary/aromatic N) is 1. The Morgan fingerprint density at radius 3 is 2.79 bits per heavy atom. The Labute approximate surface area is 172 Å². The average Bonchev–Trinajstić information content (AvgIpc) is 3.09. The number of thiazole rings is 1. The summed E-state index contributed by atoms with van der Waals surface area (Å²) in [4.78, 5) is 50.3. The minimum absolute atomic E-state index is 0.00521. The molecule has 1 amide bonds. The van der Waals surface area contributed by atoms with Crippen molar-refractivity contribution in [3.63, 3.8) is 0 Å². The lowest BCUT2D eigenvalue weighted by Gasteiger charge is -2.36. The van der Waals surface area contributed by atoms with Crippen molar-refractivity contribution in [2.75, 3.05) is 27.1 Å². The molecule has 1 aromatic heterocycles. The summed E-state index contributed by atoms with van der Waals surface area (Å²) in [5.41, 5.74) is 1.25. The topological polar surface area (TPSA) is 143 Å². The van der Waals surface area contributed by atoms with Gasteiger partial charge >= 0.3 is 20.1 Å². The van der Waals surface area contributed by atoms with E-state index in [1.165, 1.54) is 12.6 Å². The fraction of sp³-hybridized carbons (Fsp3) is 0.625. The van der Waals surface area contributed by atoms with Crippen molar-refractivity contribution in [2.24, 2.45) is 5.41 Å². The first kappa shape index (κ1) is 23.6. The molecule has 0 radical (unpaired) electrons. The molecule has 0 spiro atoms. The van der Waals surface area contributed by atoms with Crippen molar-refractivity contribution in [1.82, 2.24) is 10.3 Å². The molecule has 13 heteroatoms. The van der Waals surface area contributed by atoms with E-state index < -0.39 is 44.3 Å². The molecule has 0 saturated carbocycles. The van der Waals surface area contributed by atoms with Crippen LogP contribution in [0.4, 0.5) is 0 Å². The Bertz CT molecular complexity index is 757. The molecular weight excluding hydrogens is 427 g/mol. The van der Waals surface area contributed by atoms with Crippen LogP contribution >= 0.6 is 19.5 Å². The number of nitrogens with one attached hydrogen (secondary N) is 1. The van der Waals surface area contributed by atoms with Crippen LogP contribution in [0.1, 0.15) is 35.6 Å². The number of carbonyl (C=O) groups is 3. The van der Waals surface area contributed by atoms with Crippen LogP contribution in [0, 0.1) is 12.3 Å². The van der Waals surface area contributed by atoms with Gasteiger partial charge in [-0.2, -0.15) is 9.42 Å². The van der Waals surface area contributed by atoms with Crippen LogP contribution in [0.5, 0.6) is 0 Å². The molecule has 162 valence electrons. The van der Waals surface area contributed by atoms with E-state index in [0.29, 0.717) is 10.6 Å². The third kappa shape index (κ3) is 6.39. The molecule has 2 N–H and O–H groups in total. The van der Waals surface area contributed by atoms with E-state index in [-0.39, 0.29) is 19.6 Å². The van der Waals surface area contributed by atoms with Gasteiger partial charge in [-0.05, 0) is 6.92 Å². The van der Waals surface area contributed by atoms with Gasteiger partial charge in [-0.15, -0.1) is 20.4 Å². The van der Waals surface area contributed by atoms with Crippen LogP contribution in [0.25, 0.3) is 0 Å². The summed E-state index contributed by atoms with van der Waals surface area (Å²) >= 11 is 1.12. The quantitative estimate of drug-likeness (QED) is 0.338. The predicted molar refractivity (Wildman–Crippen MR) is 102 cm³/mol. The van der Waals surface area contributed by atoms with Gasteiger partial charge in [-0.25, -0.2) is 9.78 Å². The highest BCUT2D eigenvalue weighted by Crippen LogP contribution is 2.63. The van der Waals surface area contributed by atoms with Crippen LogP contribution in [0.15, 0.2) is 5.51 Å². The van der Waals surface area contributed by atoms with Gasteiger partial charge in [0.15, 0.2) is 6.10 Å². The molecule has 1 aliphatic heterocycles. The maximum absolute atomic E-state index is 12.5. The number of rotatable bonds is 8. The molecule has 0 aliphatic carbocycles. The number of hydrogen-bond donors (Lipinski definition) is 2. The highest BCUT2D eigenvalue weighted by atomic mass is 32.1. The summed E-state index contributed by atoms with van der Waals surface area (Å²) < 4.78 is 25.3. The Hall–Kier alpha value is -1.69. The van der Waals surface area contributed by atoms with Crippen molar-refractivity contribution >= 4 is 37.4 Å². The minimum atomic E-state index is -3.90. The number of amides is 1. The Kier molecular flexibility index (Phi) is 8.03. The van der Waals surface area contributed by atoms with E-state index in [9.17, 15) is 19.3 Å². The van der Waals surface area contributed by atoms with Gasteiger partial charge in [-0.1, -0.05) is 13.8 Å². The summed E-state index contributed by atoms with van der Waals surface area (Å²) in [5, 5.41) is 2.55. The van der Waals surface area contributed by atoms with Crippen molar-refractivity contribution in [1.29, 1.82) is 0 Å². The van der Waals surface area contributed by atoms with Crippen molar-refractivity contribution in [3.05, 3.63) is 16.1 Å². The fourth-order valence-electron chi connectivity index (χ4n) is 2.29. The second kappa shape index (κ2) is 9.88. The molecule has 1 saturated heterocycles. The van der Waals surface area contributed by atoms with Crippen LogP contribution in [-0.4, -0.2) is 60.9 Å². The Morgan fingerprint density at radius 1 is 1.45 bits per heavy atom. The molecule has 0 aromatic carbocycles. The first-order valence-corrected chi connectivity index (χ1v) is 11.0. The number of carbonyl (C=O) groups excluding carboxylic acids is 3. The van der Waals surface area contributed by atoms with Crippen molar-refractivity contribution in [2.45, 2.75) is 33.3 Å². The lowest BCUT2D eigenvalue weighted by Crippen LogP contribution is -2.50. The molecule has 1 aromatic rings. The third-order valence-electron chi connectivity index (χ3n) is 3.98. The van der Waals surface area contributed by atoms with Gasteiger partial charge in [0.1, 0.15) is 11.5 Å². The van der Waals surface area contributed by atoms with Gasteiger partial charge in [0, 0.05) is 12.0 Å². The van der Waals surface area contributed by atoms with E-state index in [1.54, 1.807) is 20.8 Å². The number of esters is 2. The lowest BCUT2D eigenvalue weighted by atomic mass is 9.87. The summed E-state index contributed by atoms with van der Waals surface area (Å²) in [6.45, 7) is 4.48. The minimum Gasteiger partial charge on any atom is -0.469 e. The number of aryl methyl sites for hydroxylation is 1. The summed E-state index contributed by atoms with van der Waals surface area (Å²) in [5.74, 6) is -1.67. The van der Waals surface area contributed by atoms with Crippen LogP contribution in [-0.2, 0) is 32.6 Å². The zero-order valence-electron chi connectivity index (χ0n) is 16.5. The predicted octanol–water partition coefficient (Wildman–Crippen LogP) is 1.37. The normalized spacial score (nSPS) is 23.3. The molecule has 1 unspecified atom stereocenters. The molecular formula is C16H24N2O9PS+. The van der Waals surface area contributed by atoms with E-state index in [1.807, 2.05) is 0 Å². The molecule has 11 nitrogen and oxygen atoms in total. The maximum Gasteiger partial charge on any atom is 0.576 e. The van der Waals surface area contributed by atoms with E-state index >= 15 is 0 Å². The SMILES string of the molecule is COC(=O)CCNC(=O)[C@@H]1O[P+](O)(OCOC(=O)c2scnc2C)OCC1(C)C. The lowest BCUT2D eigenvalue weighted by molar-refractivity contribution is -0.146. The van der Waals surface area contributed by atoms with Crippen molar-refractivity contribution < 1.29 is 42.3 Å². The number of ether oxygens (including phenoxy) is 2. The van der Waals surface area contributed by atoms with Crippen molar-refractivity contribution in [3.8, 4) is 0 Å². The molecule has 0 bridgehead atoms. The third-order valence-corrected chi connectivity index (χ3v) is 6.25. The maximum atomic E-state index is 12.5. The van der Waals surface area contributed by atoms with Crippen LogP contribution in [0.2, 0.25) is 0 Å². The van der Waals surface area contributed by atoms with Crippen LogP contribution < -0.4 is 5.32 Å². The second-order valence-corrected chi connectivity index (χ2v) is 9.30. The molecule has 1 fully saturated rings. The van der Waals surface area contributed by atoms with Gasteiger partial charge in [-0.3, -0.25) is 9.59 Å². The number of hydrogen-bond acceptors (Lipinski definition) is 11. The van der Waals surface area contributed by atoms with Gasteiger partial charge in [0.2, 0.25) is 6.79 Å². The largest absolute Gasteiger partial charge is 0.576 e. The number of methoxy groups -OCH3 is 1. The summed E-state index contributed by atoms with van der Waals surface area (Å²) in [6.07, 6.45) is -1.11. The molecule has 2 rings (SSSR count). The summed E-state index contributed by atoms with van der Waals surface area (Å²) in [7, 11) is -2.65. The van der Waals surface area contributed by atoms with E-state index in [2.05, 4.69) is 15.0 Å². The Balaban J connectivity index is 1.90. The highest BCUT2D eigenvalue weighted by Gasteiger charge is 2.59. The molecule has 1 aliphatic rings. The van der Waals surface area contributed by atoms with Crippen LogP contribution in [0.3, 0.4) is 0 Å². The van der Waals surface area contributed by atoms with E-state index in [0.717, 1.165) is 11.3 Å². The second-order valence-electron chi connectivity index (χ2n) is 6.78. The molecule has 29 heavy (non-hydrogen) atoms. The zero-order chi connectivity index (χ0) is 21.7. The molecule has 2 atom stereocenters.